The molecule has 1 N–H and O–H groups in total. The number of halogens is 2. The minimum atomic E-state index is -4.08. The van der Waals surface area contributed by atoms with Crippen LogP contribution in [0.25, 0.3) is 0 Å². The van der Waals surface area contributed by atoms with Crippen LogP contribution in [0, 0.1) is 11.6 Å². The first-order chi connectivity index (χ1) is 12.4. The van der Waals surface area contributed by atoms with E-state index in [0.29, 0.717) is 6.07 Å². The fourth-order valence-corrected chi connectivity index (χ4v) is 5.04. The van der Waals surface area contributed by atoms with Crippen molar-refractivity contribution in [1.29, 1.82) is 0 Å². The van der Waals surface area contributed by atoms with Crippen LogP contribution >= 0.6 is 11.3 Å². The molecule has 1 aliphatic rings. The minimum absolute atomic E-state index is 0.0898. The van der Waals surface area contributed by atoms with Crippen molar-refractivity contribution in [3.05, 3.63) is 70.7 Å². The molecule has 5 nitrogen and oxygen atoms in total. The van der Waals surface area contributed by atoms with Gasteiger partial charge < -0.3 is 0 Å². The lowest BCUT2D eigenvalue weighted by atomic mass is 9.97. The van der Waals surface area contributed by atoms with Crippen molar-refractivity contribution in [3.63, 3.8) is 0 Å². The van der Waals surface area contributed by atoms with E-state index in [4.69, 9.17) is 0 Å². The molecule has 1 aromatic heterocycles. The molecule has 134 valence electrons. The van der Waals surface area contributed by atoms with Crippen molar-refractivity contribution < 1.29 is 17.2 Å². The van der Waals surface area contributed by atoms with Crippen molar-refractivity contribution in [2.24, 2.45) is 0 Å². The number of benzene rings is 2. The summed E-state index contributed by atoms with van der Waals surface area (Å²) in [6.07, 6.45) is 1.84. The highest BCUT2D eigenvalue weighted by Gasteiger charge is 2.49. The number of hydrogen-bond donors (Lipinski definition) is 1. The van der Waals surface area contributed by atoms with Gasteiger partial charge in [-0.15, -0.1) is 10.2 Å². The summed E-state index contributed by atoms with van der Waals surface area (Å²) < 4.78 is 53.3. The fourth-order valence-electron chi connectivity index (χ4n) is 2.78. The molecule has 1 fully saturated rings. The van der Waals surface area contributed by atoms with Crippen molar-refractivity contribution in [2.75, 3.05) is 4.72 Å². The second-order valence-corrected chi connectivity index (χ2v) is 8.70. The maximum atomic E-state index is 13.3. The van der Waals surface area contributed by atoms with Gasteiger partial charge in [-0.3, -0.25) is 4.72 Å². The third-order valence-electron chi connectivity index (χ3n) is 4.33. The molecule has 2 aromatic carbocycles. The highest BCUT2D eigenvalue weighted by molar-refractivity contribution is 7.93. The molecule has 3 aromatic rings. The molecule has 0 bridgehead atoms. The van der Waals surface area contributed by atoms with Gasteiger partial charge in [-0.2, -0.15) is 0 Å². The summed E-state index contributed by atoms with van der Waals surface area (Å²) in [6.45, 7) is 0. The Hall–Kier alpha value is -2.39. The minimum Gasteiger partial charge on any atom is -0.253 e. The highest BCUT2D eigenvalue weighted by Crippen LogP contribution is 2.54. The van der Waals surface area contributed by atoms with Gasteiger partial charge in [0.2, 0.25) is 5.13 Å². The zero-order valence-electron chi connectivity index (χ0n) is 13.3. The first kappa shape index (κ1) is 17.0. The molecule has 0 radical (unpaired) electrons. The van der Waals surface area contributed by atoms with E-state index in [-0.39, 0.29) is 15.4 Å². The van der Waals surface area contributed by atoms with Gasteiger partial charge in [-0.25, -0.2) is 17.2 Å². The van der Waals surface area contributed by atoms with Crippen molar-refractivity contribution in [2.45, 2.75) is 23.2 Å². The molecule has 26 heavy (non-hydrogen) atoms. The third kappa shape index (κ3) is 2.97. The van der Waals surface area contributed by atoms with Crippen LogP contribution < -0.4 is 4.72 Å². The quantitative estimate of drug-likeness (QED) is 0.718. The summed E-state index contributed by atoms with van der Waals surface area (Å²) in [4.78, 5) is -0.377. The van der Waals surface area contributed by atoms with E-state index in [1.807, 2.05) is 30.3 Å². The Balaban J connectivity index is 1.60. The molecule has 1 heterocycles. The van der Waals surface area contributed by atoms with E-state index in [1.54, 1.807) is 0 Å². The van der Waals surface area contributed by atoms with Gasteiger partial charge in [-0.05, 0) is 36.6 Å². The molecule has 1 aliphatic carbocycles. The normalized spacial score (nSPS) is 15.6. The first-order valence-electron chi connectivity index (χ1n) is 7.78. The standard InChI is InChI=1S/C17H13F2N3O2S2/c18-13-7-6-12(10-14(13)19)26(23,24)22-16-21-20-15(25-16)17(8-9-17)11-4-2-1-3-5-11/h1-7,10H,8-9H2,(H,21,22). The lowest BCUT2D eigenvalue weighted by Gasteiger charge is -2.11. The van der Waals surface area contributed by atoms with E-state index in [1.165, 1.54) is 0 Å². The van der Waals surface area contributed by atoms with Crippen molar-refractivity contribution in [3.8, 4) is 0 Å². The van der Waals surface area contributed by atoms with Crippen LogP contribution in [0.3, 0.4) is 0 Å². The summed E-state index contributed by atoms with van der Waals surface area (Å²) in [7, 11) is -4.08. The van der Waals surface area contributed by atoms with E-state index in [9.17, 15) is 17.2 Å². The molecule has 0 saturated heterocycles. The second-order valence-electron chi connectivity index (χ2n) is 6.04. The molecule has 0 aliphatic heterocycles. The van der Waals surface area contributed by atoms with Crippen LogP contribution in [0.5, 0.6) is 0 Å². The van der Waals surface area contributed by atoms with Crippen LogP contribution in [-0.2, 0) is 15.4 Å². The number of nitrogens with zero attached hydrogens (tertiary/aromatic N) is 2. The second kappa shape index (κ2) is 6.10. The number of nitrogens with one attached hydrogen (secondary N) is 1. The fraction of sp³-hybridized carbons (Fsp3) is 0.176. The monoisotopic (exact) mass is 393 g/mol. The van der Waals surface area contributed by atoms with Gasteiger partial charge in [0.1, 0.15) is 5.01 Å². The van der Waals surface area contributed by atoms with E-state index >= 15 is 0 Å². The Labute approximate surface area is 152 Å². The molecule has 1 saturated carbocycles. The van der Waals surface area contributed by atoms with Crippen LogP contribution in [0.1, 0.15) is 23.4 Å². The van der Waals surface area contributed by atoms with E-state index < -0.39 is 21.7 Å². The predicted octanol–water partition coefficient (Wildman–Crippen LogP) is 3.70. The molecule has 0 spiro atoms. The van der Waals surface area contributed by atoms with Gasteiger partial charge in [0.15, 0.2) is 11.6 Å². The summed E-state index contributed by atoms with van der Waals surface area (Å²) in [6, 6.07) is 12.2. The van der Waals surface area contributed by atoms with Gasteiger partial charge >= 0.3 is 0 Å². The summed E-state index contributed by atoms with van der Waals surface area (Å²) in [5, 5.41) is 8.87. The number of rotatable bonds is 5. The van der Waals surface area contributed by atoms with Crippen LogP contribution in [0.15, 0.2) is 53.4 Å². The van der Waals surface area contributed by atoms with Gasteiger partial charge in [0.25, 0.3) is 10.0 Å². The first-order valence-corrected chi connectivity index (χ1v) is 10.1. The molecule has 0 atom stereocenters. The zero-order valence-corrected chi connectivity index (χ0v) is 14.9. The van der Waals surface area contributed by atoms with Crippen LogP contribution in [-0.4, -0.2) is 18.6 Å². The van der Waals surface area contributed by atoms with E-state index in [0.717, 1.165) is 46.9 Å². The lowest BCUT2D eigenvalue weighted by Crippen LogP contribution is -2.13. The number of sulfonamides is 1. The number of anilines is 1. The van der Waals surface area contributed by atoms with Crippen molar-refractivity contribution in [1.82, 2.24) is 10.2 Å². The van der Waals surface area contributed by atoms with Crippen LogP contribution in [0.4, 0.5) is 13.9 Å². The third-order valence-corrected chi connectivity index (χ3v) is 6.84. The molecule has 9 heteroatoms. The molecular weight excluding hydrogens is 380 g/mol. The van der Waals surface area contributed by atoms with Gasteiger partial charge in [-0.1, -0.05) is 41.7 Å². The SMILES string of the molecule is O=S(=O)(Nc1nnc(C2(c3ccccc3)CC2)s1)c1ccc(F)c(F)c1. The zero-order chi connectivity index (χ0) is 18.4. The molecule has 0 amide bonds. The lowest BCUT2D eigenvalue weighted by molar-refractivity contribution is 0.504. The Kier molecular flexibility index (Phi) is 4.00. The average Bonchev–Trinajstić information content (AvgIpc) is 3.31. The Morgan fingerprint density at radius 3 is 2.38 bits per heavy atom. The topological polar surface area (TPSA) is 72.0 Å². The maximum Gasteiger partial charge on any atom is 0.263 e. The summed E-state index contributed by atoms with van der Waals surface area (Å²) in [5.41, 5.74) is 0.899. The maximum absolute atomic E-state index is 13.3. The number of aromatic nitrogens is 2. The highest BCUT2D eigenvalue weighted by atomic mass is 32.2. The van der Waals surface area contributed by atoms with Gasteiger partial charge in [0.05, 0.1) is 4.90 Å². The molecular formula is C17H13F2N3O2S2. The Morgan fingerprint density at radius 1 is 1.00 bits per heavy atom. The number of hydrogen-bond acceptors (Lipinski definition) is 5. The summed E-state index contributed by atoms with van der Waals surface area (Å²) in [5.74, 6) is -2.34. The Morgan fingerprint density at radius 2 is 1.73 bits per heavy atom. The molecule has 0 unspecified atom stereocenters. The van der Waals surface area contributed by atoms with E-state index in [2.05, 4.69) is 14.9 Å². The van der Waals surface area contributed by atoms with Crippen molar-refractivity contribution >= 4 is 26.5 Å². The Bertz CT molecular complexity index is 1060. The average molecular weight is 393 g/mol. The molecule has 4 rings (SSSR count). The van der Waals surface area contributed by atoms with Crippen LogP contribution in [0.2, 0.25) is 0 Å². The summed E-state index contributed by atoms with van der Waals surface area (Å²) >= 11 is 1.15. The van der Waals surface area contributed by atoms with Gasteiger partial charge in [0, 0.05) is 5.41 Å². The largest absolute Gasteiger partial charge is 0.263 e. The smallest absolute Gasteiger partial charge is 0.253 e. The predicted molar refractivity (Wildman–Crippen MR) is 93.5 cm³/mol.